The van der Waals surface area contributed by atoms with Gasteiger partial charge in [0.05, 0.1) is 29.7 Å². The number of carbonyl (C=O) groups excluding carboxylic acids is 3. The molecular weight excluding hydrogens is 451 g/mol. The van der Waals surface area contributed by atoms with Crippen molar-refractivity contribution < 1.29 is 53.8 Å². The normalized spacial score (nSPS) is 30.0. The van der Waals surface area contributed by atoms with Crippen LogP contribution >= 0.6 is 23.1 Å². The third kappa shape index (κ3) is 4.77. The minimum Gasteiger partial charge on any atom is -0.548 e. The molecule has 3 aliphatic heterocycles. The predicted molar refractivity (Wildman–Crippen MR) is 111 cm³/mol. The smallest absolute Gasteiger partial charge is 0.548 e. The Morgan fingerprint density at radius 3 is 2.77 bits per heavy atom. The number of rotatable bonds is 6. The summed E-state index contributed by atoms with van der Waals surface area (Å²) in [6.07, 6.45) is 3.35. The van der Waals surface area contributed by atoms with E-state index in [2.05, 4.69) is 10.3 Å². The quantitative estimate of drug-likeness (QED) is 0.329. The molecular formula is C19H25N4NaO5S2. The van der Waals surface area contributed by atoms with Gasteiger partial charge in [-0.1, -0.05) is 0 Å². The van der Waals surface area contributed by atoms with E-state index in [1.165, 1.54) is 28.0 Å². The van der Waals surface area contributed by atoms with Gasteiger partial charge in [-0.05, 0) is 39.5 Å². The summed E-state index contributed by atoms with van der Waals surface area (Å²) in [4.78, 5) is 43.0. The third-order valence-electron chi connectivity index (χ3n) is 5.95. The fraction of sp³-hybridized carbons (Fsp3) is 0.684. The Kier molecular flexibility index (Phi) is 7.65. The van der Waals surface area contributed by atoms with Crippen LogP contribution in [0.25, 0.3) is 0 Å². The van der Waals surface area contributed by atoms with Crippen LogP contribution in [0.4, 0.5) is 5.13 Å². The number of nitrogen functional groups attached to an aromatic ring is 1. The number of hydrogen-bond donors (Lipinski definition) is 2. The number of hydrogen-bond acceptors (Lipinski definition) is 9. The van der Waals surface area contributed by atoms with Crippen LogP contribution in [0.3, 0.4) is 0 Å². The summed E-state index contributed by atoms with van der Waals surface area (Å²) >= 11 is 2.63. The van der Waals surface area contributed by atoms with Crippen LogP contribution in [0.5, 0.6) is 0 Å². The molecule has 0 aromatic carbocycles. The number of thiazole rings is 1. The van der Waals surface area contributed by atoms with Crippen molar-refractivity contribution in [1.82, 2.24) is 15.2 Å². The summed E-state index contributed by atoms with van der Waals surface area (Å²) in [7, 11) is 0. The number of β-lactam (4-membered cyclic amide) rings is 1. The van der Waals surface area contributed by atoms with Crippen molar-refractivity contribution >= 4 is 46.0 Å². The van der Waals surface area contributed by atoms with Gasteiger partial charge in [-0.3, -0.25) is 9.59 Å². The molecule has 5 atom stereocenters. The first-order chi connectivity index (χ1) is 14.2. The fourth-order valence-electron chi connectivity index (χ4n) is 4.46. The van der Waals surface area contributed by atoms with Gasteiger partial charge in [0, 0.05) is 16.7 Å². The van der Waals surface area contributed by atoms with Crippen molar-refractivity contribution in [3.63, 3.8) is 0 Å². The van der Waals surface area contributed by atoms with Gasteiger partial charge >= 0.3 is 29.6 Å². The van der Waals surface area contributed by atoms with Gasteiger partial charge in [-0.2, -0.15) is 0 Å². The second-order valence-electron chi connectivity index (χ2n) is 8.45. The third-order valence-corrected chi connectivity index (χ3v) is 8.21. The van der Waals surface area contributed by atoms with E-state index in [0.717, 1.165) is 19.3 Å². The van der Waals surface area contributed by atoms with Gasteiger partial charge in [0.15, 0.2) is 5.13 Å². The zero-order valence-corrected chi connectivity index (χ0v) is 21.5. The van der Waals surface area contributed by atoms with E-state index in [-0.39, 0.29) is 41.6 Å². The number of aromatic nitrogens is 1. The largest absolute Gasteiger partial charge is 1.00 e. The van der Waals surface area contributed by atoms with Crippen molar-refractivity contribution in [1.29, 1.82) is 0 Å². The van der Waals surface area contributed by atoms with Crippen LogP contribution in [0, 0.1) is 0 Å². The summed E-state index contributed by atoms with van der Waals surface area (Å²) in [6, 6.07) is -1.78. The Bertz CT molecular complexity index is 860. The van der Waals surface area contributed by atoms with Gasteiger partial charge in [-0.15, -0.1) is 23.1 Å². The maximum absolute atomic E-state index is 13.2. The standard InChI is InChI=1S/C19H26N4O5S2.Na/c1-19(2)13(17(26)27)23-15(25)12(16(23)30-19)22-14(24)10(11-8-29-18(20)21-11)7-9-5-3-4-6-28-9;/h8-10,12-13,16H,3-7H2,1-2H3,(H2,20,21)(H,22,24)(H,26,27);/q;+1/p-1/t9?,10?,12-,13+,16-;/m1./s1. The number of ether oxygens (including phenoxy) is 1. The fourth-order valence-corrected chi connectivity index (χ4v) is 6.70. The van der Waals surface area contributed by atoms with Crippen LogP contribution in [-0.2, 0) is 19.1 Å². The molecule has 4 rings (SSSR count). The van der Waals surface area contributed by atoms with E-state index in [4.69, 9.17) is 10.5 Å². The maximum Gasteiger partial charge on any atom is 1.00 e. The summed E-state index contributed by atoms with van der Waals surface area (Å²) in [5, 5.41) is 16.1. The van der Waals surface area contributed by atoms with Crippen molar-refractivity contribution in [3.05, 3.63) is 11.1 Å². The maximum atomic E-state index is 13.2. The molecule has 31 heavy (non-hydrogen) atoms. The minimum absolute atomic E-state index is 0. The predicted octanol–water partition coefficient (Wildman–Crippen LogP) is -2.93. The number of carboxylic acids is 1. The Morgan fingerprint density at radius 1 is 1.45 bits per heavy atom. The summed E-state index contributed by atoms with van der Waals surface area (Å²) < 4.78 is 5.11. The van der Waals surface area contributed by atoms with E-state index >= 15 is 0 Å². The minimum atomic E-state index is -1.28. The van der Waals surface area contributed by atoms with E-state index < -0.39 is 40.0 Å². The van der Waals surface area contributed by atoms with Crippen molar-refractivity contribution in [2.45, 2.75) is 73.8 Å². The number of thioether (sulfide) groups is 1. The van der Waals surface area contributed by atoms with Crippen molar-refractivity contribution in [3.8, 4) is 0 Å². The first-order valence-corrected chi connectivity index (χ1v) is 11.8. The molecule has 0 bridgehead atoms. The molecule has 0 aliphatic carbocycles. The van der Waals surface area contributed by atoms with Gasteiger partial charge in [0.1, 0.15) is 11.4 Å². The number of nitrogens with two attached hydrogens (primary N) is 1. The van der Waals surface area contributed by atoms with E-state index in [9.17, 15) is 19.5 Å². The first-order valence-electron chi connectivity index (χ1n) is 10.0. The molecule has 164 valence electrons. The second-order valence-corrected chi connectivity index (χ2v) is 11.1. The number of anilines is 1. The van der Waals surface area contributed by atoms with E-state index in [1.807, 2.05) is 0 Å². The number of amides is 2. The molecule has 1 aromatic heterocycles. The zero-order chi connectivity index (χ0) is 21.6. The molecule has 0 spiro atoms. The average molecular weight is 477 g/mol. The van der Waals surface area contributed by atoms with Crippen LogP contribution in [-0.4, -0.2) is 62.6 Å². The molecule has 4 heterocycles. The number of aliphatic carboxylic acids is 1. The number of fused-ring (bicyclic) bond motifs is 1. The van der Waals surface area contributed by atoms with Crippen molar-refractivity contribution in [2.75, 3.05) is 12.3 Å². The Morgan fingerprint density at radius 2 is 2.19 bits per heavy atom. The van der Waals surface area contributed by atoms with Crippen LogP contribution in [0.15, 0.2) is 5.38 Å². The van der Waals surface area contributed by atoms with E-state index in [1.54, 1.807) is 19.2 Å². The number of carbonyl (C=O) groups is 3. The molecule has 3 fully saturated rings. The van der Waals surface area contributed by atoms with Gasteiger partial charge in [0.2, 0.25) is 11.8 Å². The average Bonchev–Trinajstić information content (AvgIpc) is 3.23. The van der Waals surface area contributed by atoms with E-state index in [0.29, 0.717) is 23.9 Å². The molecule has 3 saturated heterocycles. The Balaban J connectivity index is 0.00000272. The Labute approximate surface area is 211 Å². The molecule has 3 N–H and O–H groups in total. The summed E-state index contributed by atoms with van der Waals surface area (Å²) in [6.45, 7) is 4.21. The second kappa shape index (κ2) is 9.56. The molecule has 12 heteroatoms. The van der Waals surface area contributed by atoms with Gasteiger partial charge < -0.3 is 30.6 Å². The van der Waals surface area contributed by atoms with Crippen LogP contribution < -0.4 is 45.7 Å². The molecule has 1 aromatic rings. The molecule has 2 unspecified atom stereocenters. The topological polar surface area (TPSA) is 138 Å². The van der Waals surface area contributed by atoms with Crippen molar-refractivity contribution in [2.24, 2.45) is 0 Å². The first kappa shape index (κ1) is 24.8. The van der Waals surface area contributed by atoms with Crippen LogP contribution in [0.1, 0.15) is 51.1 Å². The molecule has 0 saturated carbocycles. The number of nitrogens with zero attached hydrogens (tertiary/aromatic N) is 2. The molecule has 0 radical (unpaired) electrons. The number of carboxylic acid groups (broad SMARTS) is 1. The Hall–Kier alpha value is -0.850. The zero-order valence-electron chi connectivity index (χ0n) is 17.8. The van der Waals surface area contributed by atoms with Gasteiger partial charge in [0.25, 0.3) is 0 Å². The molecule has 3 aliphatic rings. The number of nitrogens with one attached hydrogen (secondary N) is 1. The van der Waals surface area contributed by atoms with Gasteiger partial charge in [-0.25, -0.2) is 4.98 Å². The summed E-state index contributed by atoms with van der Waals surface area (Å²) in [5.41, 5.74) is 6.34. The van der Waals surface area contributed by atoms with Crippen LogP contribution in [0.2, 0.25) is 0 Å². The summed E-state index contributed by atoms with van der Waals surface area (Å²) in [5.74, 6) is -2.58. The SMILES string of the molecule is CC1(C)S[C@@H]2[C@H](NC(=O)C(CC3CCCCO3)c3csc(N)n3)C(=O)N2[C@H]1C(=O)[O-].[Na+]. The monoisotopic (exact) mass is 476 g/mol. The molecule has 9 nitrogen and oxygen atoms in total. The molecule has 2 amide bonds.